The minimum atomic E-state index is 0.377. The Labute approximate surface area is 98.2 Å². The highest BCUT2D eigenvalue weighted by atomic mass is 16.3. The minimum Gasteiger partial charge on any atom is -0.472 e. The number of aryl methyl sites for hydroxylation is 1. The van der Waals surface area contributed by atoms with Crippen LogP contribution in [0.15, 0.2) is 16.9 Å². The minimum absolute atomic E-state index is 0.377. The first-order chi connectivity index (χ1) is 7.54. The second-order valence-corrected chi connectivity index (χ2v) is 6.66. The van der Waals surface area contributed by atoms with Gasteiger partial charge in [0.2, 0.25) is 0 Å². The summed E-state index contributed by atoms with van der Waals surface area (Å²) in [7, 11) is 0. The van der Waals surface area contributed by atoms with E-state index in [9.17, 15) is 0 Å². The smallest absolute Gasteiger partial charge is 0.0943 e. The van der Waals surface area contributed by atoms with Crippen LogP contribution in [0.25, 0.3) is 0 Å². The van der Waals surface area contributed by atoms with E-state index in [4.69, 9.17) is 4.42 Å². The van der Waals surface area contributed by atoms with E-state index < -0.39 is 0 Å². The third-order valence-electron chi connectivity index (χ3n) is 5.29. The number of rotatable bonds is 0. The van der Waals surface area contributed by atoms with Gasteiger partial charge in [-0.2, -0.15) is 0 Å². The molecular formula is C15H22O. The van der Waals surface area contributed by atoms with E-state index in [2.05, 4.69) is 20.8 Å². The highest BCUT2D eigenvalue weighted by molar-refractivity contribution is 5.35. The summed E-state index contributed by atoms with van der Waals surface area (Å²) in [6, 6.07) is 0. The molecule has 1 heterocycles. The summed E-state index contributed by atoms with van der Waals surface area (Å²) in [5, 5.41) is 0. The van der Waals surface area contributed by atoms with E-state index in [1.807, 2.05) is 12.5 Å². The fourth-order valence-corrected chi connectivity index (χ4v) is 4.47. The zero-order valence-corrected chi connectivity index (χ0v) is 10.7. The molecule has 1 unspecified atom stereocenters. The van der Waals surface area contributed by atoms with Crippen molar-refractivity contribution in [3.63, 3.8) is 0 Å². The van der Waals surface area contributed by atoms with Gasteiger partial charge in [-0.1, -0.05) is 27.2 Å². The van der Waals surface area contributed by atoms with E-state index in [0.717, 1.165) is 5.92 Å². The molecule has 1 aromatic heterocycles. The maximum atomic E-state index is 5.45. The second-order valence-electron chi connectivity index (χ2n) is 6.66. The van der Waals surface area contributed by atoms with Crippen molar-refractivity contribution in [1.29, 1.82) is 0 Å². The summed E-state index contributed by atoms with van der Waals surface area (Å²) >= 11 is 0. The first kappa shape index (κ1) is 10.4. The van der Waals surface area contributed by atoms with Crippen LogP contribution in [0.3, 0.4) is 0 Å². The molecule has 1 saturated carbocycles. The van der Waals surface area contributed by atoms with Gasteiger partial charge >= 0.3 is 0 Å². The van der Waals surface area contributed by atoms with Crippen molar-refractivity contribution in [3.8, 4) is 0 Å². The average molecular weight is 218 g/mol. The molecular weight excluding hydrogens is 196 g/mol. The lowest BCUT2D eigenvalue weighted by Gasteiger charge is -2.53. The largest absolute Gasteiger partial charge is 0.472 e. The molecule has 1 heteroatoms. The van der Waals surface area contributed by atoms with Gasteiger partial charge < -0.3 is 4.42 Å². The molecule has 0 N–H and O–H groups in total. The van der Waals surface area contributed by atoms with Gasteiger partial charge in [-0.05, 0) is 53.6 Å². The first-order valence-corrected chi connectivity index (χ1v) is 6.60. The van der Waals surface area contributed by atoms with Crippen LogP contribution in [-0.4, -0.2) is 0 Å². The third-order valence-corrected chi connectivity index (χ3v) is 5.29. The Morgan fingerprint density at radius 2 is 2.00 bits per heavy atom. The van der Waals surface area contributed by atoms with Crippen molar-refractivity contribution in [3.05, 3.63) is 23.7 Å². The molecule has 3 rings (SSSR count). The summed E-state index contributed by atoms with van der Waals surface area (Å²) in [5.41, 5.74) is 3.86. The van der Waals surface area contributed by atoms with Gasteiger partial charge in [0.05, 0.1) is 12.5 Å². The van der Waals surface area contributed by atoms with Crippen LogP contribution in [0.5, 0.6) is 0 Å². The first-order valence-electron chi connectivity index (χ1n) is 6.60. The highest BCUT2D eigenvalue weighted by Gasteiger charge is 2.50. The molecule has 0 bridgehead atoms. The van der Waals surface area contributed by atoms with E-state index in [0.29, 0.717) is 10.8 Å². The van der Waals surface area contributed by atoms with Gasteiger partial charge in [0.15, 0.2) is 0 Å². The standard InChI is InChI=1S/C15H22O/c1-14(2)7-4-8-15(3)12-10-16-9-11(12)5-6-13(14)15/h9-10,13H,4-8H2,1-3H3/t13?,15-/m1/s1. The molecule has 88 valence electrons. The number of furan rings is 1. The maximum Gasteiger partial charge on any atom is 0.0943 e. The highest BCUT2D eigenvalue weighted by Crippen LogP contribution is 2.57. The van der Waals surface area contributed by atoms with Crippen molar-refractivity contribution in [2.24, 2.45) is 11.3 Å². The maximum absolute atomic E-state index is 5.45. The number of hydrogen-bond donors (Lipinski definition) is 0. The molecule has 0 spiro atoms. The predicted octanol–water partition coefficient (Wildman–Crippen LogP) is 4.31. The Bertz CT molecular complexity index is 401. The molecule has 16 heavy (non-hydrogen) atoms. The number of hydrogen-bond acceptors (Lipinski definition) is 1. The summed E-state index contributed by atoms with van der Waals surface area (Å²) < 4.78 is 5.45. The molecule has 0 aromatic carbocycles. The Kier molecular flexibility index (Phi) is 2.05. The molecule has 0 aliphatic heterocycles. The van der Waals surface area contributed by atoms with Gasteiger partial charge in [-0.3, -0.25) is 0 Å². The van der Waals surface area contributed by atoms with Crippen LogP contribution in [0.1, 0.15) is 57.6 Å². The third kappa shape index (κ3) is 1.23. The van der Waals surface area contributed by atoms with Gasteiger partial charge in [0.25, 0.3) is 0 Å². The Morgan fingerprint density at radius 1 is 1.19 bits per heavy atom. The van der Waals surface area contributed by atoms with E-state index >= 15 is 0 Å². The summed E-state index contributed by atoms with van der Waals surface area (Å²) in [6.07, 6.45) is 10.6. The molecule has 1 nitrogen and oxygen atoms in total. The van der Waals surface area contributed by atoms with E-state index in [1.54, 1.807) is 0 Å². The topological polar surface area (TPSA) is 13.1 Å². The van der Waals surface area contributed by atoms with E-state index in [-0.39, 0.29) is 0 Å². The lowest BCUT2D eigenvalue weighted by atomic mass is 9.51. The molecule has 1 aromatic rings. The monoisotopic (exact) mass is 218 g/mol. The summed E-state index contributed by atoms with van der Waals surface area (Å²) in [5.74, 6) is 0.832. The van der Waals surface area contributed by atoms with Gasteiger partial charge in [0.1, 0.15) is 0 Å². The predicted molar refractivity (Wildman–Crippen MR) is 65.5 cm³/mol. The van der Waals surface area contributed by atoms with Crippen molar-refractivity contribution < 1.29 is 4.42 Å². The molecule has 2 aliphatic rings. The summed E-state index contributed by atoms with van der Waals surface area (Å²) in [6.45, 7) is 7.38. The SMILES string of the molecule is CC1(C)CCC[C@]2(C)c3cocc3CCC12. The second kappa shape index (κ2) is 3.15. The fourth-order valence-electron chi connectivity index (χ4n) is 4.47. The van der Waals surface area contributed by atoms with Crippen LogP contribution in [0, 0.1) is 11.3 Å². The average Bonchev–Trinajstić information content (AvgIpc) is 2.65. The number of fused-ring (bicyclic) bond motifs is 3. The normalized spacial score (nSPS) is 36.6. The van der Waals surface area contributed by atoms with Crippen molar-refractivity contribution >= 4 is 0 Å². The van der Waals surface area contributed by atoms with Crippen LogP contribution < -0.4 is 0 Å². The van der Waals surface area contributed by atoms with Gasteiger partial charge in [0, 0.05) is 0 Å². The molecule has 0 saturated heterocycles. The van der Waals surface area contributed by atoms with Crippen LogP contribution >= 0.6 is 0 Å². The quantitative estimate of drug-likeness (QED) is 0.632. The lowest BCUT2D eigenvalue weighted by molar-refractivity contribution is 0.0409. The summed E-state index contributed by atoms with van der Waals surface area (Å²) in [4.78, 5) is 0. The molecule has 1 fully saturated rings. The van der Waals surface area contributed by atoms with Crippen molar-refractivity contribution in [2.75, 3.05) is 0 Å². The zero-order chi connectivity index (χ0) is 11.4. The van der Waals surface area contributed by atoms with Gasteiger partial charge in [-0.25, -0.2) is 0 Å². The van der Waals surface area contributed by atoms with Crippen LogP contribution in [0.4, 0.5) is 0 Å². The Morgan fingerprint density at radius 3 is 2.81 bits per heavy atom. The van der Waals surface area contributed by atoms with Crippen molar-refractivity contribution in [1.82, 2.24) is 0 Å². The molecule has 0 amide bonds. The Balaban J connectivity index is 2.09. The van der Waals surface area contributed by atoms with Crippen molar-refractivity contribution in [2.45, 2.75) is 58.3 Å². The zero-order valence-electron chi connectivity index (χ0n) is 10.7. The lowest BCUT2D eigenvalue weighted by Crippen LogP contribution is -2.47. The molecule has 2 aliphatic carbocycles. The molecule has 0 radical (unpaired) electrons. The van der Waals surface area contributed by atoms with Gasteiger partial charge in [-0.15, -0.1) is 0 Å². The molecule has 2 atom stereocenters. The Hall–Kier alpha value is -0.720. The fraction of sp³-hybridized carbons (Fsp3) is 0.733. The van der Waals surface area contributed by atoms with Crippen LogP contribution in [-0.2, 0) is 11.8 Å². The van der Waals surface area contributed by atoms with Crippen LogP contribution in [0.2, 0.25) is 0 Å². The van der Waals surface area contributed by atoms with E-state index in [1.165, 1.54) is 43.2 Å².